The van der Waals surface area contributed by atoms with Crippen molar-refractivity contribution < 1.29 is 0 Å². The fourth-order valence-corrected chi connectivity index (χ4v) is 2.39. The van der Waals surface area contributed by atoms with E-state index >= 15 is 0 Å². The summed E-state index contributed by atoms with van der Waals surface area (Å²) in [5.74, 6) is 0. The molecule has 0 spiro atoms. The van der Waals surface area contributed by atoms with E-state index in [9.17, 15) is 0 Å². The molecule has 3 aromatic rings. The Labute approximate surface area is 107 Å². The SMILES string of the molecule is Cc1ccc2nc(C)c(-c3[nH]ncc3Br)n2c1. The van der Waals surface area contributed by atoms with Crippen LogP contribution in [0.15, 0.2) is 29.0 Å². The zero-order valence-electron chi connectivity index (χ0n) is 9.53. The van der Waals surface area contributed by atoms with Crippen molar-refractivity contribution >= 4 is 21.6 Å². The van der Waals surface area contributed by atoms with Gasteiger partial charge in [0.25, 0.3) is 0 Å². The molecule has 0 unspecified atom stereocenters. The third-order valence-electron chi connectivity index (χ3n) is 2.77. The lowest BCUT2D eigenvalue weighted by Gasteiger charge is -2.02. The van der Waals surface area contributed by atoms with E-state index in [4.69, 9.17) is 0 Å². The number of H-pyrrole nitrogens is 1. The first-order chi connectivity index (χ1) is 8.16. The molecule has 86 valence electrons. The number of nitrogens with one attached hydrogen (secondary N) is 1. The molecule has 17 heavy (non-hydrogen) atoms. The number of hydrogen-bond acceptors (Lipinski definition) is 2. The average molecular weight is 291 g/mol. The van der Waals surface area contributed by atoms with Crippen molar-refractivity contribution in [3.8, 4) is 11.4 Å². The van der Waals surface area contributed by atoms with Gasteiger partial charge in [0.1, 0.15) is 5.65 Å². The predicted octanol–water partition coefficient (Wildman–Crippen LogP) is 3.10. The van der Waals surface area contributed by atoms with Crippen molar-refractivity contribution in [1.29, 1.82) is 0 Å². The fraction of sp³-hybridized carbons (Fsp3) is 0.167. The van der Waals surface area contributed by atoms with E-state index in [1.165, 1.54) is 5.56 Å². The van der Waals surface area contributed by atoms with Crippen LogP contribution in [0.1, 0.15) is 11.3 Å². The van der Waals surface area contributed by atoms with Crippen LogP contribution >= 0.6 is 15.9 Å². The van der Waals surface area contributed by atoms with Crippen molar-refractivity contribution in [2.75, 3.05) is 0 Å². The summed E-state index contributed by atoms with van der Waals surface area (Å²) in [5.41, 5.74) is 5.14. The predicted molar refractivity (Wildman–Crippen MR) is 69.9 cm³/mol. The summed E-state index contributed by atoms with van der Waals surface area (Å²) >= 11 is 3.49. The Morgan fingerprint density at radius 2 is 2.12 bits per heavy atom. The lowest BCUT2D eigenvalue weighted by atomic mass is 10.2. The van der Waals surface area contributed by atoms with Gasteiger partial charge in [-0.2, -0.15) is 5.10 Å². The highest BCUT2D eigenvalue weighted by molar-refractivity contribution is 9.10. The molecular formula is C12H11BrN4. The Morgan fingerprint density at radius 1 is 1.29 bits per heavy atom. The van der Waals surface area contributed by atoms with Crippen molar-refractivity contribution in [3.05, 3.63) is 40.3 Å². The third kappa shape index (κ3) is 1.58. The molecule has 3 rings (SSSR count). The zero-order valence-corrected chi connectivity index (χ0v) is 11.1. The third-order valence-corrected chi connectivity index (χ3v) is 3.37. The molecule has 0 saturated heterocycles. The second-order valence-electron chi connectivity index (χ2n) is 4.07. The molecule has 5 heteroatoms. The van der Waals surface area contributed by atoms with Crippen LogP contribution in [0.2, 0.25) is 0 Å². The Morgan fingerprint density at radius 3 is 2.82 bits per heavy atom. The molecular weight excluding hydrogens is 280 g/mol. The lowest BCUT2D eigenvalue weighted by molar-refractivity contribution is 1.07. The maximum absolute atomic E-state index is 4.55. The van der Waals surface area contributed by atoms with E-state index in [1.54, 1.807) is 6.20 Å². The summed E-state index contributed by atoms with van der Waals surface area (Å²) in [5, 5.41) is 7.04. The van der Waals surface area contributed by atoms with Gasteiger partial charge in [0, 0.05) is 6.20 Å². The van der Waals surface area contributed by atoms with Crippen LogP contribution < -0.4 is 0 Å². The molecule has 3 aromatic heterocycles. The minimum Gasteiger partial charge on any atom is -0.298 e. The molecule has 0 aliphatic heterocycles. The molecule has 0 saturated carbocycles. The first-order valence-corrected chi connectivity index (χ1v) is 6.10. The van der Waals surface area contributed by atoms with E-state index in [1.807, 2.05) is 13.0 Å². The van der Waals surface area contributed by atoms with E-state index in [0.717, 1.165) is 27.2 Å². The second kappa shape index (κ2) is 3.70. The van der Waals surface area contributed by atoms with Crippen molar-refractivity contribution in [1.82, 2.24) is 19.6 Å². The van der Waals surface area contributed by atoms with E-state index in [0.29, 0.717) is 0 Å². The number of halogens is 1. The van der Waals surface area contributed by atoms with Crippen LogP contribution in [0, 0.1) is 13.8 Å². The van der Waals surface area contributed by atoms with Gasteiger partial charge in [-0.05, 0) is 41.4 Å². The van der Waals surface area contributed by atoms with Crippen LogP contribution in [0.4, 0.5) is 0 Å². The van der Waals surface area contributed by atoms with Gasteiger partial charge in [0.05, 0.1) is 27.8 Å². The first kappa shape index (κ1) is 10.5. The summed E-state index contributed by atoms with van der Waals surface area (Å²) in [7, 11) is 0. The second-order valence-corrected chi connectivity index (χ2v) is 4.93. The highest BCUT2D eigenvalue weighted by atomic mass is 79.9. The molecule has 0 aliphatic carbocycles. The maximum Gasteiger partial charge on any atom is 0.137 e. The average Bonchev–Trinajstić information content (AvgIpc) is 2.81. The highest BCUT2D eigenvalue weighted by Gasteiger charge is 2.14. The molecule has 0 aliphatic rings. The number of rotatable bonds is 1. The molecule has 0 radical (unpaired) electrons. The molecule has 3 heterocycles. The first-order valence-electron chi connectivity index (χ1n) is 5.31. The Bertz CT molecular complexity index is 696. The smallest absolute Gasteiger partial charge is 0.137 e. The van der Waals surface area contributed by atoms with Gasteiger partial charge in [-0.25, -0.2) is 4.98 Å². The van der Waals surface area contributed by atoms with E-state index < -0.39 is 0 Å². The van der Waals surface area contributed by atoms with Crippen LogP contribution in [-0.4, -0.2) is 19.6 Å². The van der Waals surface area contributed by atoms with Gasteiger partial charge in [0.15, 0.2) is 0 Å². The van der Waals surface area contributed by atoms with E-state index in [-0.39, 0.29) is 0 Å². The monoisotopic (exact) mass is 290 g/mol. The Balaban J connectivity index is 2.39. The zero-order chi connectivity index (χ0) is 12.0. The molecule has 0 amide bonds. The van der Waals surface area contributed by atoms with Gasteiger partial charge in [-0.15, -0.1) is 0 Å². The molecule has 0 aromatic carbocycles. The fourth-order valence-electron chi connectivity index (χ4n) is 2.01. The molecule has 4 nitrogen and oxygen atoms in total. The number of aromatic amines is 1. The largest absolute Gasteiger partial charge is 0.298 e. The Kier molecular flexibility index (Phi) is 2.29. The van der Waals surface area contributed by atoms with Gasteiger partial charge in [-0.3, -0.25) is 9.50 Å². The number of pyridine rings is 1. The number of aromatic nitrogens is 4. The minimum absolute atomic E-state index is 0.948. The van der Waals surface area contributed by atoms with Gasteiger partial charge < -0.3 is 0 Å². The summed E-state index contributed by atoms with van der Waals surface area (Å²) in [4.78, 5) is 4.55. The van der Waals surface area contributed by atoms with E-state index in [2.05, 4.69) is 54.7 Å². The van der Waals surface area contributed by atoms with Crippen LogP contribution in [0.25, 0.3) is 17.0 Å². The number of fused-ring (bicyclic) bond motifs is 1. The standard InChI is InChI=1S/C12H11BrN4/c1-7-3-4-10-15-8(2)12(17(10)6-7)11-9(13)5-14-16-11/h3-6H,1-2H3,(H,14,16). The van der Waals surface area contributed by atoms with Gasteiger partial charge >= 0.3 is 0 Å². The summed E-state index contributed by atoms with van der Waals surface area (Å²) in [6.45, 7) is 4.07. The number of imidazole rings is 1. The maximum atomic E-state index is 4.55. The Hall–Kier alpha value is -1.62. The molecule has 0 fully saturated rings. The number of aryl methyl sites for hydroxylation is 2. The van der Waals surface area contributed by atoms with Crippen LogP contribution in [0.5, 0.6) is 0 Å². The summed E-state index contributed by atoms with van der Waals surface area (Å²) < 4.78 is 3.03. The highest BCUT2D eigenvalue weighted by Crippen LogP contribution is 2.29. The molecule has 1 N–H and O–H groups in total. The lowest BCUT2D eigenvalue weighted by Crippen LogP contribution is -1.91. The van der Waals surface area contributed by atoms with Crippen molar-refractivity contribution in [2.45, 2.75) is 13.8 Å². The van der Waals surface area contributed by atoms with Gasteiger partial charge in [-0.1, -0.05) is 6.07 Å². The number of hydrogen-bond donors (Lipinski definition) is 1. The summed E-state index contributed by atoms with van der Waals surface area (Å²) in [6, 6.07) is 4.09. The molecule has 0 bridgehead atoms. The summed E-state index contributed by atoms with van der Waals surface area (Å²) in [6.07, 6.45) is 3.84. The van der Waals surface area contributed by atoms with Crippen LogP contribution in [0.3, 0.4) is 0 Å². The minimum atomic E-state index is 0.948. The van der Waals surface area contributed by atoms with Crippen molar-refractivity contribution in [2.24, 2.45) is 0 Å². The van der Waals surface area contributed by atoms with Gasteiger partial charge in [0.2, 0.25) is 0 Å². The number of nitrogens with zero attached hydrogens (tertiary/aromatic N) is 3. The quantitative estimate of drug-likeness (QED) is 0.748. The van der Waals surface area contributed by atoms with Crippen molar-refractivity contribution in [3.63, 3.8) is 0 Å². The topological polar surface area (TPSA) is 46.0 Å². The molecule has 0 atom stereocenters. The normalized spacial score (nSPS) is 11.2. The van der Waals surface area contributed by atoms with Crippen LogP contribution in [-0.2, 0) is 0 Å².